The third kappa shape index (κ3) is 4.19. The summed E-state index contributed by atoms with van der Waals surface area (Å²) in [6, 6.07) is 3.42. The van der Waals surface area contributed by atoms with Gasteiger partial charge in [-0.2, -0.15) is 0 Å². The summed E-state index contributed by atoms with van der Waals surface area (Å²) in [7, 11) is -2.89. The van der Waals surface area contributed by atoms with E-state index in [0.717, 1.165) is 6.42 Å². The third-order valence-corrected chi connectivity index (χ3v) is 4.88. The number of hydrogen-bond acceptors (Lipinski definition) is 5. The number of carbonyl (C=O) groups excluding carboxylic acids is 1. The van der Waals surface area contributed by atoms with E-state index in [1.54, 1.807) is 18.3 Å². The highest BCUT2D eigenvalue weighted by atomic mass is 32.2. The molecule has 1 aliphatic rings. The zero-order valence-corrected chi connectivity index (χ0v) is 12.2. The smallest absolute Gasteiger partial charge is 0.224 e. The molecule has 2 N–H and O–H groups in total. The molecule has 7 heteroatoms. The zero-order valence-electron chi connectivity index (χ0n) is 11.4. The first-order valence-corrected chi connectivity index (χ1v) is 8.53. The summed E-state index contributed by atoms with van der Waals surface area (Å²) in [4.78, 5) is 15.6. The van der Waals surface area contributed by atoms with E-state index in [2.05, 4.69) is 15.6 Å². The predicted octanol–water partition coefficient (Wildman–Crippen LogP) is 1.42. The van der Waals surface area contributed by atoms with E-state index in [0.29, 0.717) is 24.3 Å². The maximum Gasteiger partial charge on any atom is 0.224 e. The number of anilines is 2. The van der Waals surface area contributed by atoms with Crippen LogP contribution in [0.3, 0.4) is 0 Å². The number of sulfone groups is 1. The van der Waals surface area contributed by atoms with Crippen LogP contribution in [0.5, 0.6) is 0 Å². The molecule has 0 saturated carbocycles. The van der Waals surface area contributed by atoms with Gasteiger partial charge in [0.05, 0.1) is 23.4 Å². The van der Waals surface area contributed by atoms with Gasteiger partial charge in [0.1, 0.15) is 5.82 Å². The molecule has 2 heterocycles. The molecular formula is C13H19N3O3S. The largest absolute Gasteiger partial charge is 0.366 e. The van der Waals surface area contributed by atoms with Crippen LogP contribution in [0.25, 0.3) is 0 Å². The minimum Gasteiger partial charge on any atom is -0.366 e. The fourth-order valence-corrected chi connectivity index (χ4v) is 3.80. The number of rotatable bonds is 5. The van der Waals surface area contributed by atoms with Crippen LogP contribution >= 0.6 is 0 Å². The van der Waals surface area contributed by atoms with E-state index in [4.69, 9.17) is 0 Å². The Morgan fingerprint density at radius 3 is 2.80 bits per heavy atom. The normalized spacial score (nSPS) is 20.6. The third-order valence-electron chi connectivity index (χ3n) is 3.11. The van der Waals surface area contributed by atoms with Crippen molar-refractivity contribution in [2.24, 2.45) is 0 Å². The van der Waals surface area contributed by atoms with E-state index in [1.807, 2.05) is 6.92 Å². The van der Waals surface area contributed by atoms with Gasteiger partial charge in [0.15, 0.2) is 9.84 Å². The van der Waals surface area contributed by atoms with Gasteiger partial charge in [-0.3, -0.25) is 4.79 Å². The second kappa shape index (κ2) is 6.21. The van der Waals surface area contributed by atoms with Crippen LogP contribution in [0.1, 0.15) is 26.2 Å². The summed E-state index contributed by atoms with van der Waals surface area (Å²) in [5, 5.41) is 5.85. The summed E-state index contributed by atoms with van der Waals surface area (Å²) >= 11 is 0. The highest BCUT2D eigenvalue weighted by Gasteiger charge is 2.27. The molecule has 2 rings (SSSR count). The van der Waals surface area contributed by atoms with Crippen molar-refractivity contribution in [3.8, 4) is 0 Å². The molecule has 1 fully saturated rings. The number of nitrogens with one attached hydrogen (secondary N) is 2. The van der Waals surface area contributed by atoms with Crippen LogP contribution < -0.4 is 10.6 Å². The van der Waals surface area contributed by atoms with E-state index < -0.39 is 9.84 Å². The number of carbonyl (C=O) groups is 1. The fraction of sp³-hybridized carbons (Fsp3) is 0.538. The molecule has 0 aromatic carbocycles. The summed E-state index contributed by atoms with van der Waals surface area (Å²) in [6.07, 6.45) is 3.47. The molecule has 20 heavy (non-hydrogen) atoms. The Balaban J connectivity index is 1.90. The van der Waals surface area contributed by atoms with Crippen molar-refractivity contribution in [3.05, 3.63) is 18.3 Å². The maximum atomic E-state index is 11.4. The Bertz CT molecular complexity index is 569. The fourth-order valence-electron chi connectivity index (χ4n) is 2.12. The average Bonchev–Trinajstić information content (AvgIpc) is 2.71. The van der Waals surface area contributed by atoms with Crippen molar-refractivity contribution in [2.75, 3.05) is 22.1 Å². The van der Waals surface area contributed by atoms with Gasteiger partial charge in [0.2, 0.25) is 5.91 Å². The van der Waals surface area contributed by atoms with Gasteiger partial charge in [-0.1, -0.05) is 6.92 Å². The van der Waals surface area contributed by atoms with E-state index >= 15 is 0 Å². The topological polar surface area (TPSA) is 88.2 Å². The van der Waals surface area contributed by atoms with Gasteiger partial charge < -0.3 is 10.6 Å². The maximum absolute atomic E-state index is 11.4. The van der Waals surface area contributed by atoms with Crippen molar-refractivity contribution in [1.82, 2.24) is 4.98 Å². The zero-order chi connectivity index (χ0) is 14.6. The van der Waals surface area contributed by atoms with Crippen LogP contribution in [0, 0.1) is 0 Å². The van der Waals surface area contributed by atoms with E-state index in [-0.39, 0.29) is 23.5 Å². The Labute approximate surface area is 118 Å². The molecule has 110 valence electrons. The highest BCUT2D eigenvalue weighted by molar-refractivity contribution is 7.91. The minimum atomic E-state index is -2.89. The van der Waals surface area contributed by atoms with E-state index in [9.17, 15) is 13.2 Å². The summed E-state index contributed by atoms with van der Waals surface area (Å²) in [5.74, 6) is 0.983. The molecule has 1 atom stereocenters. The molecule has 0 bridgehead atoms. The molecule has 1 amide bonds. The van der Waals surface area contributed by atoms with Gasteiger partial charge in [0, 0.05) is 12.5 Å². The van der Waals surface area contributed by atoms with Gasteiger partial charge in [0.25, 0.3) is 0 Å². The first-order chi connectivity index (χ1) is 9.48. The summed E-state index contributed by atoms with van der Waals surface area (Å²) < 4.78 is 22.7. The van der Waals surface area contributed by atoms with Crippen LogP contribution in [0.2, 0.25) is 0 Å². The summed E-state index contributed by atoms with van der Waals surface area (Å²) in [6.45, 7) is 1.94. The highest BCUT2D eigenvalue weighted by Crippen LogP contribution is 2.17. The number of aromatic nitrogens is 1. The van der Waals surface area contributed by atoms with E-state index in [1.165, 1.54) is 0 Å². The lowest BCUT2D eigenvalue weighted by Gasteiger charge is -2.12. The van der Waals surface area contributed by atoms with Crippen molar-refractivity contribution in [2.45, 2.75) is 32.2 Å². The van der Waals surface area contributed by atoms with Gasteiger partial charge >= 0.3 is 0 Å². The predicted molar refractivity (Wildman–Crippen MR) is 78.5 cm³/mol. The first-order valence-electron chi connectivity index (χ1n) is 6.71. The minimum absolute atomic E-state index is 0.0307. The number of amides is 1. The molecule has 1 aliphatic heterocycles. The van der Waals surface area contributed by atoms with Crippen LogP contribution in [0.15, 0.2) is 18.3 Å². The lowest BCUT2D eigenvalue weighted by Crippen LogP contribution is -2.21. The molecule has 1 saturated heterocycles. The molecule has 1 unspecified atom stereocenters. The van der Waals surface area contributed by atoms with Crippen molar-refractivity contribution >= 4 is 27.2 Å². The number of hydrogen-bond donors (Lipinski definition) is 2. The molecular weight excluding hydrogens is 278 g/mol. The number of nitrogens with zero attached hydrogens (tertiary/aromatic N) is 1. The first kappa shape index (κ1) is 14.8. The molecule has 1 aromatic heterocycles. The standard InChI is InChI=1S/C13H19N3O3S/c1-2-3-13(17)16-10-4-5-12(14-8-10)15-11-6-7-20(18,19)9-11/h4-5,8,11H,2-3,6-7,9H2,1H3,(H,14,15)(H,16,17). The Morgan fingerprint density at radius 1 is 1.45 bits per heavy atom. The van der Waals surface area contributed by atoms with Crippen LogP contribution in [-0.2, 0) is 14.6 Å². The SMILES string of the molecule is CCCC(=O)Nc1ccc(NC2CCS(=O)(=O)C2)nc1. The Hall–Kier alpha value is -1.63. The van der Waals surface area contributed by atoms with Crippen LogP contribution in [-0.4, -0.2) is 36.9 Å². The summed E-state index contributed by atoms with van der Waals surface area (Å²) in [5.41, 5.74) is 0.646. The van der Waals surface area contributed by atoms with Gasteiger partial charge in [-0.15, -0.1) is 0 Å². The lowest BCUT2D eigenvalue weighted by atomic mass is 10.2. The lowest BCUT2D eigenvalue weighted by molar-refractivity contribution is -0.116. The van der Waals surface area contributed by atoms with Crippen LogP contribution in [0.4, 0.5) is 11.5 Å². The van der Waals surface area contributed by atoms with Crippen molar-refractivity contribution in [1.29, 1.82) is 0 Å². The quantitative estimate of drug-likeness (QED) is 0.858. The molecule has 0 radical (unpaired) electrons. The Kier molecular flexibility index (Phi) is 4.59. The second-order valence-electron chi connectivity index (χ2n) is 4.97. The van der Waals surface area contributed by atoms with Gasteiger partial charge in [-0.25, -0.2) is 13.4 Å². The Morgan fingerprint density at radius 2 is 2.25 bits per heavy atom. The molecule has 6 nitrogen and oxygen atoms in total. The van der Waals surface area contributed by atoms with Crippen molar-refractivity contribution in [3.63, 3.8) is 0 Å². The number of pyridine rings is 1. The molecule has 0 aliphatic carbocycles. The monoisotopic (exact) mass is 297 g/mol. The average molecular weight is 297 g/mol. The second-order valence-corrected chi connectivity index (χ2v) is 7.20. The molecule has 0 spiro atoms. The van der Waals surface area contributed by atoms with Crippen molar-refractivity contribution < 1.29 is 13.2 Å². The molecule has 1 aromatic rings. The van der Waals surface area contributed by atoms with Gasteiger partial charge in [-0.05, 0) is 25.0 Å².